The predicted molar refractivity (Wildman–Crippen MR) is 71.9 cm³/mol. The smallest absolute Gasteiger partial charge is 0.253 e. The first kappa shape index (κ1) is 14.0. The van der Waals surface area contributed by atoms with Crippen LogP contribution in [-0.2, 0) is 4.79 Å². The van der Waals surface area contributed by atoms with Gasteiger partial charge in [0.05, 0.1) is 10.4 Å². The molecule has 19 heavy (non-hydrogen) atoms. The Morgan fingerprint density at radius 3 is 2.79 bits per heavy atom. The number of carbonyl (C=O) groups excluding carboxylic acids is 2. The highest BCUT2D eigenvalue weighted by Gasteiger charge is 2.27. The topological polar surface area (TPSA) is 63.4 Å². The molecule has 1 aromatic carbocycles. The van der Waals surface area contributed by atoms with E-state index in [4.69, 9.17) is 5.73 Å². The van der Waals surface area contributed by atoms with Crippen molar-refractivity contribution < 1.29 is 14.0 Å². The zero-order valence-electron chi connectivity index (χ0n) is 10.2. The average molecular weight is 329 g/mol. The molecule has 1 heterocycles. The quantitative estimate of drug-likeness (QED) is 0.901. The third-order valence-corrected chi connectivity index (χ3v) is 3.92. The van der Waals surface area contributed by atoms with Gasteiger partial charge in [0.15, 0.2) is 0 Å². The Morgan fingerprint density at radius 2 is 2.16 bits per heavy atom. The number of rotatable bonds is 2. The Hall–Kier alpha value is -1.43. The van der Waals surface area contributed by atoms with Crippen LogP contribution in [0.5, 0.6) is 0 Å². The van der Waals surface area contributed by atoms with Gasteiger partial charge in [-0.2, -0.15) is 0 Å². The zero-order valence-corrected chi connectivity index (χ0v) is 11.8. The van der Waals surface area contributed by atoms with Crippen LogP contribution in [0.4, 0.5) is 4.39 Å². The van der Waals surface area contributed by atoms with Gasteiger partial charge in [-0.1, -0.05) is 0 Å². The second-order valence-corrected chi connectivity index (χ2v) is 5.48. The second-order valence-electron chi connectivity index (χ2n) is 4.62. The van der Waals surface area contributed by atoms with Gasteiger partial charge in [-0.3, -0.25) is 9.59 Å². The number of likely N-dealkylation sites (tertiary alicyclic amines) is 1. The number of piperidine rings is 1. The van der Waals surface area contributed by atoms with Crippen molar-refractivity contribution in [3.8, 4) is 0 Å². The fourth-order valence-corrected chi connectivity index (χ4v) is 2.45. The van der Waals surface area contributed by atoms with E-state index in [1.165, 1.54) is 12.1 Å². The van der Waals surface area contributed by atoms with E-state index in [1.807, 2.05) is 0 Å². The van der Waals surface area contributed by atoms with Gasteiger partial charge in [0.2, 0.25) is 5.91 Å². The molecule has 0 saturated carbocycles. The Morgan fingerprint density at radius 1 is 1.42 bits per heavy atom. The first-order valence-corrected chi connectivity index (χ1v) is 6.82. The van der Waals surface area contributed by atoms with E-state index >= 15 is 0 Å². The Balaban J connectivity index is 2.14. The molecule has 0 unspecified atom stereocenters. The van der Waals surface area contributed by atoms with Crippen molar-refractivity contribution in [1.82, 2.24) is 4.90 Å². The van der Waals surface area contributed by atoms with Crippen LogP contribution in [-0.4, -0.2) is 29.8 Å². The van der Waals surface area contributed by atoms with Gasteiger partial charge in [-0.15, -0.1) is 0 Å². The molecule has 0 aliphatic carbocycles. The van der Waals surface area contributed by atoms with Crippen LogP contribution in [0, 0.1) is 11.7 Å². The largest absolute Gasteiger partial charge is 0.369 e. The molecule has 1 fully saturated rings. The van der Waals surface area contributed by atoms with Gasteiger partial charge < -0.3 is 10.6 Å². The minimum atomic E-state index is -0.477. The molecule has 1 atom stereocenters. The number of primary amides is 1. The molecule has 2 rings (SSSR count). The van der Waals surface area contributed by atoms with E-state index in [-0.39, 0.29) is 23.3 Å². The molecule has 6 heteroatoms. The first-order valence-electron chi connectivity index (χ1n) is 6.02. The molecular weight excluding hydrogens is 315 g/mol. The first-order chi connectivity index (χ1) is 8.99. The van der Waals surface area contributed by atoms with Gasteiger partial charge in [0.25, 0.3) is 5.91 Å². The van der Waals surface area contributed by atoms with Crippen molar-refractivity contribution in [2.45, 2.75) is 12.8 Å². The monoisotopic (exact) mass is 328 g/mol. The van der Waals surface area contributed by atoms with Crippen LogP contribution >= 0.6 is 15.9 Å². The van der Waals surface area contributed by atoms with E-state index in [1.54, 1.807) is 11.0 Å². The van der Waals surface area contributed by atoms with E-state index in [0.29, 0.717) is 24.0 Å². The SMILES string of the molecule is NC(=O)[C@@H]1CCCN(C(=O)c2ccc(Br)c(F)c2)C1. The molecule has 102 valence electrons. The Bertz CT molecular complexity index is 521. The van der Waals surface area contributed by atoms with Crippen LogP contribution in [0.15, 0.2) is 22.7 Å². The summed E-state index contributed by atoms with van der Waals surface area (Å²) >= 11 is 3.04. The second kappa shape index (κ2) is 5.69. The highest BCUT2D eigenvalue weighted by molar-refractivity contribution is 9.10. The molecule has 2 N–H and O–H groups in total. The summed E-state index contributed by atoms with van der Waals surface area (Å²) in [7, 11) is 0. The lowest BCUT2D eigenvalue weighted by molar-refractivity contribution is -0.123. The summed E-state index contributed by atoms with van der Waals surface area (Å²) in [5.74, 6) is -1.44. The van der Waals surface area contributed by atoms with Crippen LogP contribution in [0.1, 0.15) is 23.2 Å². The summed E-state index contributed by atoms with van der Waals surface area (Å²) < 4.78 is 13.7. The number of hydrogen-bond acceptors (Lipinski definition) is 2. The summed E-state index contributed by atoms with van der Waals surface area (Å²) in [5, 5.41) is 0. The highest BCUT2D eigenvalue weighted by Crippen LogP contribution is 2.21. The van der Waals surface area contributed by atoms with E-state index in [0.717, 1.165) is 6.42 Å². The third kappa shape index (κ3) is 3.12. The fraction of sp³-hybridized carbons (Fsp3) is 0.385. The summed E-state index contributed by atoms with van der Waals surface area (Å²) in [6.45, 7) is 0.881. The lowest BCUT2D eigenvalue weighted by Gasteiger charge is -2.31. The Kier molecular flexibility index (Phi) is 4.19. The van der Waals surface area contributed by atoms with E-state index < -0.39 is 5.82 Å². The number of nitrogens with two attached hydrogens (primary N) is 1. The number of amides is 2. The minimum Gasteiger partial charge on any atom is -0.369 e. The van der Waals surface area contributed by atoms with Gasteiger partial charge >= 0.3 is 0 Å². The summed E-state index contributed by atoms with van der Waals surface area (Å²) in [6.07, 6.45) is 1.44. The van der Waals surface area contributed by atoms with Gasteiger partial charge in [-0.05, 0) is 47.0 Å². The van der Waals surface area contributed by atoms with Crippen molar-refractivity contribution in [1.29, 1.82) is 0 Å². The molecule has 1 aliphatic heterocycles. The van der Waals surface area contributed by atoms with E-state index in [2.05, 4.69) is 15.9 Å². The van der Waals surface area contributed by atoms with Crippen molar-refractivity contribution in [3.63, 3.8) is 0 Å². The van der Waals surface area contributed by atoms with Crippen LogP contribution < -0.4 is 5.73 Å². The maximum absolute atomic E-state index is 13.4. The van der Waals surface area contributed by atoms with Gasteiger partial charge in [-0.25, -0.2) is 4.39 Å². The van der Waals surface area contributed by atoms with E-state index in [9.17, 15) is 14.0 Å². The maximum atomic E-state index is 13.4. The van der Waals surface area contributed by atoms with Crippen molar-refractivity contribution in [3.05, 3.63) is 34.1 Å². The van der Waals surface area contributed by atoms with Crippen LogP contribution in [0.2, 0.25) is 0 Å². The lowest BCUT2D eigenvalue weighted by Crippen LogP contribution is -2.44. The van der Waals surface area contributed by atoms with Crippen LogP contribution in [0.3, 0.4) is 0 Å². The average Bonchev–Trinajstić information content (AvgIpc) is 2.41. The number of hydrogen-bond donors (Lipinski definition) is 1. The molecule has 2 amide bonds. The maximum Gasteiger partial charge on any atom is 0.253 e. The summed E-state index contributed by atoms with van der Waals surface area (Å²) in [4.78, 5) is 25.0. The molecule has 0 bridgehead atoms. The van der Waals surface area contributed by atoms with Crippen LogP contribution in [0.25, 0.3) is 0 Å². The van der Waals surface area contributed by atoms with Crippen molar-refractivity contribution in [2.75, 3.05) is 13.1 Å². The highest BCUT2D eigenvalue weighted by atomic mass is 79.9. The van der Waals surface area contributed by atoms with Gasteiger partial charge in [0.1, 0.15) is 5.82 Å². The van der Waals surface area contributed by atoms with Crippen molar-refractivity contribution in [2.24, 2.45) is 11.7 Å². The number of benzene rings is 1. The molecule has 1 aliphatic rings. The zero-order chi connectivity index (χ0) is 14.0. The molecule has 1 saturated heterocycles. The molecule has 0 aromatic heterocycles. The lowest BCUT2D eigenvalue weighted by atomic mass is 9.97. The standard InChI is InChI=1S/C13H14BrFN2O2/c14-10-4-3-8(6-11(10)15)13(19)17-5-1-2-9(7-17)12(16)18/h3-4,6,9H,1-2,5,7H2,(H2,16,18)/t9-/m1/s1. The molecule has 0 radical (unpaired) electrons. The van der Waals surface area contributed by atoms with Crippen molar-refractivity contribution >= 4 is 27.7 Å². The summed E-state index contributed by atoms with van der Waals surface area (Å²) in [6, 6.07) is 4.25. The van der Waals surface area contributed by atoms with Gasteiger partial charge in [0, 0.05) is 18.7 Å². The number of nitrogens with zero attached hydrogens (tertiary/aromatic N) is 1. The number of halogens is 2. The molecular formula is C13H14BrFN2O2. The summed E-state index contributed by atoms with van der Waals surface area (Å²) in [5.41, 5.74) is 5.55. The minimum absolute atomic E-state index is 0.266. The number of carbonyl (C=O) groups is 2. The predicted octanol–water partition coefficient (Wildman–Crippen LogP) is 1.93. The molecule has 4 nitrogen and oxygen atoms in total. The normalized spacial score (nSPS) is 19.3. The molecule has 1 aromatic rings. The fourth-order valence-electron chi connectivity index (χ4n) is 2.21. The Labute approximate surface area is 118 Å². The molecule has 0 spiro atoms. The third-order valence-electron chi connectivity index (χ3n) is 3.28.